The molecule has 0 saturated carbocycles. The fourth-order valence-electron chi connectivity index (χ4n) is 1.88. The molecular formula is C16H25NO3. The Kier molecular flexibility index (Phi) is 8.27. The zero-order valence-corrected chi connectivity index (χ0v) is 12.5. The molecule has 0 atom stereocenters. The van der Waals surface area contributed by atoms with Gasteiger partial charge in [-0.2, -0.15) is 0 Å². The SMILES string of the molecule is CCCCCCCCOc1ccc(NC(=O)OC)cc1. The third-order valence-corrected chi connectivity index (χ3v) is 3.05. The zero-order valence-electron chi connectivity index (χ0n) is 12.5. The number of ether oxygens (including phenoxy) is 2. The molecule has 4 nitrogen and oxygen atoms in total. The monoisotopic (exact) mass is 279 g/mol. The van der Waals surface area contributed by atoms with Crippen LogP contribution in [0, 0.1) is 0 Å². The van der Waals surface area contributed by atoms with Crippen LogP contribution in [0.15, 0.2) is 24.3 Å². The summed E-state index contributed by atoms with van der Waals surface area (Å²) >= 11 is 0. The van der Waals surface area contributed by atoms with Gasteiger partial charge < -0.3 is 9.47 Å². The van der Waals surface area contributed by atoms with Gasteiger partial charge in [-0.3, -0.25) is 5.32 Å². The maximum atomic E-state index is 11.0. The van der Waals surface area contributed by atoms with E-state index in [1.165, 1.54) is 39.2 Å². The Morgan fingerprint density at radius 3 is 2.35 bits per heavy atom. The molecule has 20 heavy (non-hydrogen) atoms. The van der Waals surface area contributed by atoms with Crippen molar-refractivity contribution in [2.24, 2.45) is 0 Å². The summed E-state index contributed by atoms with van der Waals surface area (Å²) in [6.45, 7) is 2.97. The molecule has 4 heteroatoms. The van der Waals surface area contributed by atoms with Gasteiger partial charge in [-0.15, -0.1) is 0 Å². The third kappa shape index (κ3) is 7.02. The summed E-state index contributed by atoms with van der Waals surface area (Å²) in [5, 5.41) is 2.60. The van der Waals surface area contributed by atoms with Crippen molar-refractivity contribution in [3.8, 4) is 5.75 Å². The first kappa shape index (κ1) is 16.3. The van der Waals surface area contributed by atoms with Crippen molar-refractivity contribution in [1.29, 1.82) is 0 Å². The van der Waals surface area contributed by atoms with Gasteiger partial charge in [0, 0.05) is 5.69 Å². The molecular weight excluding hydrogens is 254 g/mol. The summed E-state index contributed by atoms with van der Waals surface area (Å²) < 4.78 is 10.2. The molecule has 0 spiro atoms. The minimum atomic E-state index is -0.467. The van der Waals surface area contributed by atoms with E-state index in [0.29, 0.717) is 5.69 Å². The van der Waals surface area contributed by atoms with Crippen molar-refractivity contribution in [3.05, 3.63) is 24.3 Å². The number of rotatable bonds is 9. The Bertz CT molecular complexity index is 376. The fraction of sp³-hybridized carbons (Fsp3) is 0.562. The molecule has 1 N–H and O–H groups in total. The second kappa shape index (κ2) is 10.1. The van der Waals surface area contributed by atoms with Gasteiger partial charge in [-0.05, 0) is 30.7 Å². The van der Waals surface area contributed by atoms with Gasteiger partial charge in [-0.1, -0.05) is 39.0 Å². The minimum absolute atomic E-state index is 0.467. The highest BCUT2D eigenvalue weighted by atomic mass is 16.5. The van der Waals surface area contributed by atoms with Crippen molar-refractivity contribution in [1.82, 2.24) is 0 Å². The van der Waals surface area contributed by atoms with Crippen LogP contribution in [0.1, 0.15) is 45.4 Å². The quantitative estimate of drug-likeness (QED) is 0.672. The van der Waals surface area contributed by atoms with E-state index < -0.39 is 6.09 Å². The molecule has 1 amide bonds. The summed E-state index contributed by atoms with van der Waals surface area (Å²) in [6, 6.07) is 7.30. The van der Waals surface area contributed by atoms with E-state index in [1.54, 1.807) is 12.1 Å². The molecule has 1 rings (SSSR count). The molecule has 112 valence electrons. The molecule has 0 aliphatic heterocycles. The lowest BCUT2D eigenvalue weighted by atomic mass is 10.1. The van der Waals surface area contributed by atoms with E-state index in [-0.39, 0.29) is 0 Å². The highest BCUT2D eigenvalue weighted by molar-refractivity contribution is 5.84. The van der Waals surface area contributed by atoms with E-state index in [4.69, 9.17) is 4.74 Å². The second-order valence-corrected chi connectivity index (χ2v) is 4.76. The Labute approximate surface area is 121 Å². The lowest BCUT2D eigenvalue weighted by molar-refractivity contribution is 0.187. The van der Waals surface area contributed by atoms with Gasteiger partial charge in [0.1, 0.15) is 5.75 Å². The van der Waals surface area contributed by atoms with Crippen LogP contribution in [0.25, 0.3) is 0 Å². The molecule has 0 saturated heterocycles. The fourth-order valence-corrected chi connectivity index (χ4v) is 1.88. The summed E-state index contributed by atoms with van der Waals surface area (Å²) in [4.78, 5) is 11.0. The maximum absolute atomic E-state index is 11.0. The number of hydrogen-bond acceptors (Lipinski definition) is 3. The normalized spacial score (nSPS) is 10.1. The Morgan fingerprint density at radius 1 is 1.05 bits per heavy atom. The van der Waals surface area contributed by atoms with Crippen LogP contribution >= 0.6 is 0 Å². The molecule has 0 heterocycles. The van der Waals surface area contributed by atoms with E-state index in [0.717, 1.165) is 18.8 Å². The van der Waals surface area contributed by atoms with Crippen molar-refractivity contribution < 1.29 is 14.3 Å². The molecule has 0 aliphatic carbocycles. The molecule has 1 aromatic rings. The van der Waals surface area contributed by atoms with Gasteiger partial charge >= 0.3 is 6.09 Å². The smallest absolute Gasteiger partial charge is 0.411 e. The van der Waals surface area contributed by atoms with Crippen LogP contribution in [0.2, 0.25) is 0 Å². The maximum Gasteiger partial charge on any atom is 0.411 e. The number of methoxy groups -OCH3 is 1. The number of carbonyl (C=O) groups is 1. The predicted molar refractivity (Wildman–Crippen MR) is 81.3 cm³/mol. The highest BCUT2D eigenvalue weighted by Crippen LogP contribution is 2.16. The first-order chi connectivity index (χ1) is 9.76. The van der Waals surface area contributed by atoms with E-state index in [1.807, 2.05) is 12.1 Å². The number of amides is 1. The number of anilines is 1. The summed E-state index contributed by atoms with van der Waals surface area (Å²) in [5.74, 6) is 0.828. The average molecular weight is 279 g/mol. The molecule has 1 aromatic carbocycles. The lowest BCUT2D eigenvalue weighted by Gasteiger charge is -2.08. The molecule has 0 radical (unpaired) electrons. The number of benzene rings is 1. The third-order valence-electron chi connectivity index (χ3n) is 3.05. The van der Waals surface area contributed by atoms with Gasteiger partial charge in [-0.25, -0.2) is 4.79 Å². The van der Waals surface area contributed by atoms with Crippen molar-refractivity contribution in [2.45, 2.75) is 45.4 Å². The number of hydrogen-bond donors (Lipinski definition) is 1. The molecule has 0 aliphatic rings. The number of carbonyl (C=O) groups excluding carboxylic acids is 1. The van der Waals surface area contributed by atoms with Gasteiger partial charge in [0.2, 0.25) is 0 Å². The Balaban J connectivity index is 2.16. The van der Waals surface area contributed by atoms with E-state index in [9.17, 15) is 4.79 Å². The minimum Gasteiger partial charge on any atom is -0.494 e. The average Bonchev–Trinajstić information content (AvgIpc) is 2.48. The van der Waals surface area contributed by atoms with Crippen molar-refractivity contribution >= 4 is 11.8 Å². The van der Waals surface area contributed by atoms with Crippen LogP contribution in [-0.2, 0) is 4.74 Å². The van der Waals surface area contributed by atoms with Crippen molar-refractivity contribution in [2.75, 3.05) is 19.0 Å². The molecule has 0 fully saturated rings. The standard InChI is InChI=1S/C16H25NO3/c1-3-4-5-6-7-8-13-20-15-11-9-14(10-12-15)17-16(18)19-2/h9-12H,3-8,13H2,1-2H3,(H,17,18). The summed E-state index contributed by atoms with van der Waals surface area (Å²) in [7, 11) is 1.34. The number of unbranched alkanes of at least 4 members (excludes halogenated alkanes) is 5. The van der Waals surface area contributed by atoms with Crippen LogP contribution in [-0.4, -0.2) is 19.8 Å². The second-order valence-electron chi connectivity index (χ2n) is 4.76. The van der Waals surface area contributed by atoms with Gasteiger partial charge in [0.15, 0.2) is 0 Å². The van der Waals surface area contributed by atoms with Crippen LogP contribution in [0.5, 0.6) is 5.75 Å². The number of nitrogens with one attached hydrogen (secondary N) is 1. The van der Waals surface area contributed by atoms with E-state index in [2.05, 4.69) is 17.0 Å². The first-order valence-electron chi connectivity index (χ1n) is 7.34. The van der Waals surface area contributed by atoms with Gasteiger partial charge in [0.05, 0.1) is 13.7 Å². The van der Waals surface area contributed by atoms with Crippen LogP contribution in [0.4, 0.5) is 10.5 Å². The van der Waals surface area contributed by atoms with E-state index >= 15 is 0 Å². The Morgan fingerprint density at radius 2 is 1.70 bits per heavy atom. The predicted octanol–water partition coefficient (Wildman–Crippen LogP) is 4.60. The zero-order chi connectivity index (χ0) is 14.6. The lowest BCUT2D eigenvalue weighted by Crippen LogP contribution is -2.10. The molecule has 0 aromatic heterocycles. The Hall–Kier alpha value is -1.71. The topological polar surface area (TPSA) is 47.6 Å². The largest absolute Gasteiger partial charge is 0.494 e. The molecule has 0 bridgehead atoms. The van der Waals surface area contributed by atoms with Gasteiger partial charge in [0.25, 0.3) is 0 Å². The van der Waals surface area contributed by atoms with Crippen LogP contribution < -0.4 is 10.1 Å². The molecule has 0 unspecified atom stereocenters. The summed E-state index contributed by atoms with van der Waals surface area (Å²) in [5.41, 5.74) is 0.698. The van der Waals surface area contributed by atoms with Crippen LogP contribution in [0.3, 0.4) is 0 Å². The van der Waals surface area contributed by atoms with Crippen molar-refractivity contribution in [3.63, 3.8) is 0 Å². The first-order valence-corrected chi connectivity index (χ1v) is 7.34. The highest BCUT2D eigenvalue weighted by Gasteiger charge is 2.00. The summed E-state index contributed by atoms with van der Waals surface area (Å²) in [6.07, 6.45) is 7.07.